The van der Waals surface area contributed by atoms with Crippen molar-refractivity contribution in [2.24, 2.45) is 0 Å². The van der Waals surface area contributed by atoms with E-state index in [9.17, 15) is 27.6 Å². The van der Waals surface area contributed by atoms with E-state index in [4.69, 9.17) is 4.74 Å². The first-order valence-corrected chi connectivity index (χ1v) is 11.4. The minimum atomic E-state index is -4.42. The molecule has 0 spiro atoms. The Bertz CT molecular complexity index is 1120. The van der Waals surface area contributed by atoms with Crippen LogP contribution in [-0.2, 0) is 22.6 Å². The molecule has 7 nitrogen and oxygen atoms in total. The maximum Gasteiger partial charge on any atom is 0.390 e. The number of nitrogens with one attached hydrogen (secondary N) is 1. The fraction of sp³-hybridized carbons (Fsp3) is 0.667. The molecule has 1 saturated carbocycles. The summed E-state index contributed by atoms with van der Waals surface area (Å²) in [7, 11) is 0. The number of rotatable bonds is 7. The van der Waals surface area contributed by atoms with Gasteiger partial charge in [0.25, 0.3) is 5.56 Å². The molecule has 1 aliphatic carbocycles. The van der Waals surface area contributed by atoms with E-state index >= 15 is 0 Å². The second-order valence-corrected chi connectivity index (χ2v) is 10.2. The summed E-state index contributed by atoms with van der Waals surface area (Å²) in [6, 6.07) is -0.274. The molecule has 0 aliphatic heterocycles. The number of thiophene rings is 1. The lowest BCUT2D eigenvalue weighted by Gasteiger charge is -2.27. The molecule has 2 aromatic rings. The largest absolute Gasteiger partial charge is 0.459 e. The highest BCUT2D eigenvalue weighted by Gasteiger charge is 2.31. The average molecular weight is 476 g/mol. The normalized spacial score (nSPS) is 15.2. The lowest BCUT2D eigenvalue weighted by molar-refractivity contribution is -0.153. The van der Waals surface area contributed by atoms with Crippen LogP contribution in [0.25, 0.3) is 10.2 Å². The van der Waals surface area contributed by atoms with Gasteiger partial charge in [-0.1, -0.05) is 0 Å². The first kappa shape index (κ1) is 24.5. The Balaban J connectivity index is 1.96. The lowest BCUT2D eigenvalue weighted by Crippen LogP contribution is -2.44. The van der Waals surface area contributed by atoms with E-state index in [2.05, 4.69) is 5.32 Å². The van der Waals surface area contributed by atoms with Crippen LogP contribution in [-0.4, -0.2) is 33.4 Å². The number of aromatic nitrogens is 2. The van der Waals surface area contributed by atoms with Gasteiger partial charge in [-0.25, -0.2) is 4.79 Å². The van der Waals surface area contributed by atoms with Gasteiger partial charge in [0.1, 0.15) is 10.4 Å². The van der Waals surface area contributed by atoms with Crippen molar-refractivity contribution >= 4 is 27.5 Å². The number of aryl methyl sites for hydroxylation is 2. The van der Waals surface area contributed by atoms with Crippen molar-refractivity contribution in [1.82, 2.24) is 14.5 Å². The fourth-order valence-corrected chi connectivity index (χ4v) is 4.92. The number of ether oxygens (including phenoxy) is 1. The van der Waals surface area contributed by atoms with Crippen molar-refractivity contribution in [3.05, 3.63) is 31.3 Å². The van der Waals surface area contributed by atoms with Crippen LogP contribution >= 0.6 is 11.3 Å². The third kappa shape index (κ3) is 5.43. The number of fused-ring (bicyclic) bond motifs is 1. The summed E-state index contributed by atoms with van der Waals surface area (Å²) in [5.41, 5.74) is -1.15. The minimum absolute atomic E-state index is 0.0574. The van der Waals surface area contributed by atoms with Gasteiger partial charge in [0.2, 0.25) is 0 Å². The Labute approximate surface area is 187 Å². The van der Waals surface area contributed by atoms with E-state index in [1.165, 1.54) is 0 Å². The van der Waals surface area contributed by atoms with E-state index in [0.717, 1.165) is 26.9 Å². The van der Waals surface area contributed by atoms with Gasteiger partial charge in [-0.05, 0) is 52.5 Å². The van der Waals surface area contributed by atoms with Crippen molar-refractivity contribution in [2.75, 3.05) is 6.54 Å². The van der Waals surface area contributed by atoms with Gasteiger partial charge in [-0.15, -0.1) is 11.3 Å². The van der Waals surface area contributed by atoms with Gasteiger partial charge in [-0.3, -0.25) is 18.7 Å². The summed E-state index contributed by atoms with van der Waals surface area (Å²) in [6.45, 7) is 6.61. The first-order valence-electron chi connectivity index (χ1n) is 10.5. The van der Waals surface area contributed by atoms with Crippen LogP contribution in [0.3, 0.4) is 0 Å². The molecule has 0 radical (unpaired) electrons. The number of nitrogens with zero attached hydrogens (tertiary/aromatic N) is 2. The lowest BCUT2D eigenvalue weighted by atomic mass is 9.93. The Morgan fingerprint density at radius 2 is 1.88 bits per heavy atom. The van der Waals surface area contributed by atoms with Crippen LogP contribution < -0.4 is 16.6 Å². The van der Waals surface area contributed by atoms with Crippen LogP contribution in [0.4, 0.5) is 13.2 Å². The van der Waals surface area contributed by atoms with Crippen molar-refractivity contribution in [3.63, 3.8) is 0 Å². The Morgan fingerprint density at radius 1 is 1.22 bits per heavy atom. The van der Waals surface area contributed by atoms with Crippen molar-refractivity contribution in [1.29, 1.82) is 0 Å². The van der Waals surface area contributed by atoms with Crippen LogP contribution in [0.2, 0.25) is 0 Å². The molecule has 2 aromatic heterocycles. The Hall–Kier alpha value is -2.14. The molecule has 2 heterocycles. The molecule has 0 amide bonds. The number of alkyl halides is 3. The highest BCUT2D eigenvalue weighted by Crippen LogP contribution is 2.32. The molecule has 1 fully saturated rings. The molecular weight excluding hydrogens is 447 g/mol. The van der Waals surface area contributed by atoms with E-state index in [1.54, 1.807) is 27.7 Å². The summed E-state index contributed by atoms with van der Waals surface area (Å²) < 4.78 is 46.1. The third-order valence-corrected chi connectivity index (χ3v) is 6.69. The van der Waals surface area contributed by atoms with E-state index < -0.39 is 42.0 Å². The van der Waals surface area contributed by atoms with Crippen LogP contribution in [0.1, 0.15) is 62.9 Å². The zero-order valence-corrected chi connectivity index (χ0v) is 19.4. The van der Waals surface area contributed by atoms with Gasteiger partial charge in [0.15, 0.2) is 0 Å². The van der Waals surface area contributed by atoms with Crippen molar-refractivity contribution in [2.45, 2.75) is 84.3 Å². The zero-order valence-electron chi connectivity index (χ0n) is 18.6. The monoisotopic (exact) mass is 475 g/mol. The molecule has 178 valence electrons. The number of esters is 1. The summed E-state index contributed by atoms with van der Waals surface area (Å²) >= 11 is 1.11. The smallest absolute Gasteiger partial charge is 0.390 e. The van der Waals surface area contributed by atoms with Gasteiger partial charge >= 0.3 is 17.8 Å². The predicted molar refractivity (Wildman–Crippen MR) is 116 cm³/mol. The molecule has 0 saturated heterocycles. The molecule has 0 aromatic carbocycles. The standard InChI is InChI=1S/C21H28F3N3O4S/c1-12-14(10-25-11-15(28)31-20(2,3)4)32-18-16(12)17(29)27(13-6-5-7-13)19(30)26(18)9-8-21(22,23)24/h13,25H,5-11H2,1-4H3. The number of hydrogen-bond acceptors (Lipinski definition) is 6. The highest BCUT2D eigenvalue weighted by molar-refractivity contribution is 7.18. The van der Waals surface area contributed by atoms with Gasteiger partial charge in [-0.2, -0.15) is 13.2 Å². The second-order valence-electron chi connectivity index (χ2n) is 9.08. The molecule has 11 heteroatoms. The number of carbonyl (C=O) groups is 1. The fourth-order valence-electron chi connectivity index (χ4n) is 3.64. The molecule has 32 heavy (non-hydrogen) atoms. The second kappa shape index (κ2) is 9.01. The molecular formula is C21H28F3N3O4S. The average Bonchev–Trinajstić information content (AvgIpc) is 2.91. The molecule has 0 bridgehead atoms. The quantitative estimate of drug-likeness (QED) is 0.619. The summed E-state index contributed by atoms with van der Waals surface area (Å²) in [6.07, 6.45) is -3.39. The van der Waals surface area contributed by atoms with Gasteiger partial charge < -0.3 is 10.1 Å². The number of hydrogen-bond donors (Lipinski definition) is 1. The maximum atomic E-state index is 13.1. The first-order chi connectivity index (χ1) is 14.8. The van der Waals surface area contributed by atoms with Crippen LogP contribution in [0.5, 0.6) is 0 Å². The molecule has 0 unspecified atom stereocenters. The molecule has 3 rings (SSSR count). The van der Waals surface area contributed by atoms with Crippen molar-refractivity contribution < 1.29 is 22.7 Å². The minimum Gasteiger partial charge on any atom is -0.459 e. The molecule has 1 N–H and O–H groups in total. The van der Waals surface area contributed by atoms with E-state index in [-0.39, 0.29) is 29.3 Å². The van der Waals surface area contributed by atoms with E-state index in [0.29, 0.717) is 23.3 Å². The number of halogens is 3. The number of carbonyl (C=O) groups excluding carboxylic acids is 1. The van der Waals surface area contributed by atoms with E-state index in [1.807, 2.05) is 0 Å². The predicted octanol–water partition coefficient (Wildman–Crippen LogP) is 3.64. The Kier molecular flexibility index (Phi) is 6.90. The van der Waals surface area contributed by atoms with Crippen LogP contribution in [0, 0.1) is 6.92 Å². The topological polar surface area (TPSA) is 82.3 Å². The summed E-state index contributed by atoms with van der Waals surface area (Å²) in [5.74, 6) is -0.439. The Morgan fingerprint density at radius 3 is 2.41 bits per heavy atom. The summed E-state index contributed by atoms with van der Waals surface area (Å²) in [5, 5.41) is 3.23. The summed E-state index contributed by atoms with van der Waals surface area (Å²) in [4.78, 5) is 39.0. The van der Waals surface area contributed by atoms with Crippen molar-refractivity contribution in [3.8, 4) is 0 Å². The zero-order chi connectivity index (χ0) is 23.8. The maximum absolute atomic E-state index is 13.1. The molecule has 1 aliphatic rings. The third-order valence-electron chi connectivity index (χ3n) is 5.38. The van der Waals surface area contributed by atoms with Gasteiger partial charge in [0, 0.05) is 24.0 Å². The van der Waals surface area contributed by atoms with Crippen LogP contribution in [0.15, 0.2) is 9.59 Å². The molecule has 0 atom stereocenters. The highest BCUT2D eigenvalue weighted by atomic mass is 32.1. The van der Waals surface area contributed by atoms with Gasteiger partial charge in [0.05, 0.1) is 18.4 Å². The SMILES string of the molecule is Cc1c(CNCC(=O)OC(C)(C)C)sc2c1c(=O)n(C1CCC1)c(=O)n2CCC(F)(F)F.